The summed E-state index contributed by atoms with van der Waals surface area (Å²) in [6.07, 6.45) is 5.23. The number of hydrogen-bond donors (Lipinski definition) is 2. The zero-order chi connectivity index (χ0) is 12.1. The van der Waals surface area contributed by atoms with Crippen LogP contribution in [0.3, 0.4) is 0 Å². The Hall–Kier alpha value is -1.30. The van der Waals surface area contributed by atoms with Gasteiger partial charge in [-0.3, -0.25) is 5.41 Å². The second kappa shape index (κ2) is 5.69. The predicted molar refractivity (Wildman–Crippen MR) is 69.3 cm³/mol. The Balaban J connectivity index is 2.98. The standard InChI is InChI=1S/C10H17N5S/c1-7(6-16-3)15(2)10-8(9(11)12)13-4-5-14-10/h4-5,7H,6H2,1-3H3,(H3,11,12). The van der Waals surface area contributed by atoms with Gasteiger partial charge in [0.2, 0.25) is 0 Å². The number of aromatic nitrogens is 2. The van der Waals surface area contributed by atoms with Gasteiger partial charge in [0, 0.05) is 31.2 Å². The number of nitrogen functional groups attached to an aromatic ring is 1. The Morgan fingerprint density at radius 2 is 2.19 bits per heavy atom. The maximum atomic E-state index is 7.46. The van der Waals surface area contributed by atoms with Crippen LogP contribution in [0.25, 0.3) is 0 Å². The number of nitrogens with two attached hydrogens (primary N) is 1. The smallest absolute Gasteiger partial charge is 0.158 e. The molecule has 6 heteroatoms. The molecule has 0 aromatic carbocycles. The van der Waals surface area contributed by atoms with Crippen molar-refractivity contribution in [3.05, 3.63) is 18.1 Å². The van der Waals surface area contributed by atoms with Gasteiger partial charge >= 0.3 is 0 Å². The first kappa shape index (κ1) is 12.8. The zero-order valence-electron chi connectivity index (χ0n) is 9.77. The third-order valence-corrected chi connectivity index (χ3v) is 3.15. The van der Waals surface area contributed by atoms with Gasteiger partial charge in [0.25, 0.3) is 0 Å². The van der Waals surface area contributed by atoms with E-state index in [1.165, 1.54) is 0 Å². The molecular formula is C10H17N5S. The molecule has 1 atom stereocenters. The number of anilines is 1. The third kappa shape index (κ3) is 2.85. The maximum absolute atomic E-state index is 7.46. The Labute approximate surface area is 100.0 Å². The highest BCUT2D eigenvalue weighted by atomic mass is 32.2. The highest BCUT2D eigenvalue weighted by Crippen LogP contribution is 2.16. The van der Waals surface area contributed by atoms with Gasteiger partial charge in [0.05, 0.1) is 0 Å². The average Bonchev–Trinajstić information content (AvgIpc) is 2.28. The lowest BCUT2D eigenvalue weighted by Gasteiger charge is -2.26. The van der Waals surface area contributed by atoms with E-state index in [2.05, 4.69) is 23.1 Å². The van der Waals surface area contributed by atoms with E-state index in [1.54, 1.807) is 24.2 Å². The van der Waals surface area contributed by atoms with Crippen molar-refractivity contribution in [1.82, 2.24) is 9.97 Å². The Kier molecular flexibility index (Phi) is 4.54. The second-order valence-electron chi connectivity index (χ2n) is 3.56. The quantitative estimate of drug-likeness (QED) is 0.591. The van der Waals surface area contributed by atoms with Crippen LogP contribution in [0.5, 0.6) is 0 Å². The fourth-order valence-electron chi connectivity index (χ4n) is 1.34. The third-order valence-electron chi connectivity index (χ3n) is 2.34. The number of hydrogen-bond acceptors (Lipinski definition) is 5. The van der Waals surface area contributed by atoms with Gasteiger partial charge in [-0.05, 0) is 13.2 Å². The summed E-state index contributed by atoms with van der Waals surface area (Å²) >= 11 is 1.77. The van der Waals surface area contributed by atoms with Crippen LogP contribution in [0.15, 0.2) is 12.4 Å². The molecule has 0 bridgehead atoms. The van der Waals surface area contributed by atoms with Crippen molar-refractivity contribution in [3.8, 4) is 0 Å². The lowest BCUT2D eigenvalue weighted by atomic mass is 10.3. The monoisotopic (exact) mass is 239 g/mol. The van der Waals surface area contributed by atoms with Crippen LogP contribution in [0.2, 0.25) is 0 Å². The summed E-state index contributed by atoms with van der Waals surface area (Å²) in [5.74, 6) is 1.60. The molecule has 1 aromatic heterocycles. The van der Waals surface area contributed by atoms with Crippen LogP contribution >= 0.6 is 11.8 Å². The van der Waals surface area contributed by atoms with Crippen molar-refractivity contribution >= 4 is 23.4 Å². The summed E-state index contributed by atoms with van der Waals surface area (Å²) in [5, 5.41) is 7.46. The fraction of sp³-hybridized carbons (Fsp3) is 0.500. The van der Waals surface area contributed by atoms with Crippen molar-refractivity contribution in [3.63, 3.8) is 0 Å². The number of nitrogens with one attached hydrogen (secondary N) is 1. The molecule has 1 aromatic rings. The van der Waals surface area contributed by atoms with Gasteiger partial charge in [-0.2, -0.15) is 11.8 Å². The first-order valence-corrected chi connectivity index (χ1v) is 6.34. The fourth-order valence-corrected chi connectivity index (χ4v) is 2.05. The molecule has 0 saturated heterocycles. The zero-order valence-corrected chi connectivity index (χ0v) is 10.6. The maximum Gasteiger partial charge on any atom is 0.158 e. The SMILES string of the molecule is CSCC(C)N(C)c1nccnc1C(=N)N. The molecule has 1 rings (SSSR count). The molecule has 88 valence electrons. The summed E-state index contributed by atoms with van der Waals surface area (Å²) in [4.78, 5) is 10.3. The van der Waals surface area contributed by atoms with Crippen molar-refractivity contribution in [1.29, 1.82) is 5.41 Å². The van der Waals surface area contributed by atoms with Gasteiger partial charge in [0.15, 0.2) is 5.82 Å². The van der Waals surface area contributed by atoms with Crippen LogP contribution in [0.4, 0.5) is 5.82 Å². The van der Waals surface area contributed by atoms with Crippen molar-refractivity contribution in [2.75, 3.05) is 24.0 Å². The van der Waals surface area contributed by atoms with Gasteiger partial charge in [-0.15, -0.1) is 0 Å². The summed E-state index contributed by atoms with van der Waals surface area (Å²) < 4.78 is 0. The lowest BCUT2D eigenvalue weighted by Crippen LogP contribution is -2.34. The number of amidine groups is 1. The lowest BCUT2D eigenvalue weighted by molar-refractivity contribution is 0.749. The van der Waals surface area contributed by atoms with E-state index >= 15 is 0 Å². The topological polar surface area (TPSA) is 78.9 Å². The molecular weight excluding hydrogens is 222 g/mol. The normalized spacial score (nSPS) is 12.2. The molecule has 0 aliphatic rings. The largest absolute Gasteiger partial charge is 0.382 e. The van der Waals surface area contributed by atoms with Crippen molar-refractivity contribution in [2.24, 2.45) is 5.73 Å². The molecule has 5 nitrogen and oxygen atoms in total. The molecule has 0 radical (unpaired) electrons. The molecule has 16 heavy (non-hydrogen) atoms. The summed E-state index contributed by atoms with van der Waals surface area (Å²) in [6, 6.07) is 0.324. The molecule has 0 spiro atoms. The molecule has 1 unspecified atom stereocenters. The first-order chi connectivity index (χ1) is 7.57. The minimum absolute atomic E-state index is 0.0497. The second-order valence-corrected chi connectivity index (χ2v) is 4.47. The van der Waals surface area contributed by atoms with E-state index in [0.29, 0.717) is 17.6 Å². The number of rotatable bonds is 5. The Bertz CT molecular complexity index is 368. The first-order valence-electron chi connectivity index (χ1n) is 4.95. The van der Waals surface area contributed by atoms with E-state index in [4.69, 9.17) is 11.1 Å². The summed E-state index contributed by atoms with van der Waals surface area (Å²) in [7, 11) is 1.94. The molecule has 0 amide bonds. The molecule has 3 N–H and O–H groups in total. The van der Waals surface area contributed by atoms with E-state index in [0.717, 1.165) is 5.75 Å². The summed E-state index contributed by atoms with van der Waals surface area (Å²) in [5.41, 5.74) is 5.92. The minimum atomic E-state index is -0.0497. The summed E-state index contributed by atoms with van der Waals surface area (Å²) in [6.45, 7) is 2.11. The highest BCUT2D eigenvalue weighted by Gasteiger charge is 2.16. The van der Waals surface area contributed by atoms with E-state index in [9.17, 15) is 0 Å². The van der Waals surface area contributed by atoms with E-state index in [-0.39, 0.29) is 5.84 Å². The molecule has 1 heterocycles. The number of thioether (sulfide) groups is 1. The van der Waals surface area contributed by atoms with Gasteiger partial charge in [-0.1, -0.05) is 0 Å². The Morgan fingerprint density at radius 3 is 2.75 bits per heavy atom. The number of nitrogens with zero attached hydrogens (tertiary/aromatic N) is 3. The van der Waals surface area contributed by atoms with Crippen LogP contribution in [0.1, 0.15) is 12.6 Å². The van der Waals surface area contributed by atoms with Crippen LogP contribution in [0, 0.1) is 5.41 Å². The minimum Gasteiger partial charge on any atom is -0.382 e. The van der Waals surface area contributed by atoms with Crippen LogP contribution < -0.4 is 10.6 Å². The molecule has 0 saturated carbocycles. The van der Waals surface area contributed by atoms with E-state index < -0.39 is 0 Å². The Morgan fingerprint density at radius 1 is 1.56 bits per heavy atom. The van der Waals surface area contributed by atoms with Crippen LogP contribution in [-0.2, 0) is 0 Å². The van der Waals surface area contributed by atoms with Gasteiger partial charge in [0.1, 0.15) is 11.5 Å². The van der Waals surface area contributed by atoms with Crippen molar-refractivity contribution < 1.29 is 0 Å². The molecule has 0 aliphatic heterocycles. The van der Waals surface area contributed by atoms with Gasteiger partial charge in [-0.25, -0.2) is 9.97 Å². The van der Waals surface area contributed by atoms with Crippen LogP contribution in [-0.4, -0.2) is 40.9 Å². The molecule has 0 fully saturated rings. The average molecular weight is 239 g/mol. The molecule has 0 aliphatic carbocycles. The van der Waals surface area contributed by atoms with Gasteiger partial charge < -0.3 is 10.6 Å². The highest BCUT2D eigenvalue weighted by molar-refractivity contribution is 7.98. The van der Waals surface area contributed by atoms with Crippen molar-refractivity contribution in [2.45, 2.75) is 13.0 Å². The predicted octanol–water partition coefficient (Wildman–Crippen LogP) is 0.948. The van der Waals surface area contributed by atoms with E-state index in [1.807, 2.05) is 11.9 Å².